The molecule has 0 unspecified atom stereocenters. The third-order valence-corrected chi connectivity index (χ3v) is 7.09. The molecule has 8 nitrogen and oxygen atoms in total. The first-order chi connectivity index (χ1) is 18.5. The number of carbonyl (C=O) groups is 1. The first-order valence-corrected chi connectivity index (χ1v) is 13.4. The minimum atomic E-state index is -0.184. The van der Waals surface area contributed by atoms with Crippen molar-refractivity contribution in [1.29, 1.82) is 0 Å². The number of benzene rings is 3. The Balaban J connectivity index is 1.26. The maximum absolute atomic E-state index is 11.7. The average Bonchev–Trinajstić information content (AvgIpc) is 3.59. The van der Waals surface area contributed by atoms with Gasteiger partial charge in [0.25, 0.3) is 0 Å². The molecule has 0 spiro atoms. The zero-order chi connectivity index (χ0) is 26.1. The van der Waals surface area contributed by atoms with E-state index in [0.29, 0.717) is 41.7 Å². The van der Waals surface area contributed by atoms with Crippen LogP contribution in [0.15, 0.2) is 87.3 Å². The van der Waals surface area contributed by atoms with Crippen molar-refractivity contribution in [3.05, 3.63) is 94.0 Å². The van der Waals surface area contributed by atoms with Crippen LogP contribution in [0.4, 0.5) is 5.69 Å². The summed E-state index contributed by atoms with van der Waals surface area (Å²) in [5.41, 5.74) is 3.86. The molecule has 6 rings (SSSR count). The SMILES string of the molecule is CC(=O)Nc1cc(OCc2cccc(OCc3ccccc3)c2)c2cc(-c3cn4nc(Br)sc4n3)oc2c1. The van der Waals surface area contributed by atoms with Crippen molar-refractivity contribution in [2.24, 2.45) is 0 Å². The third kappa shape index (κ3) is 5.27. The number of furan rings is 1. The molecule has 6 aromatic rings. The van der Waals surface area contributed by atoms with E-state index in [0.717, 1.165) is 31.1 Å². The number of hydrogen-bond donors (Lipinski definition) is 1. The normalized spacial score (nSPS) is 11.2. The molecule has 3 heterocycles. The highest BCUT2D eigenvalue weighted by Gasteiger charge is 2.17. The third-order valence-electron chi connectivity index (χ3n) is 5.73. The standard InChI is InChI=1S/C28H21BrN4O4S/c1-17(34)30-20-11-24(36-16-19-8-5-9-21(10-19)35-15-18-6-3-2-4-7-18)22-13-26(37-25(22)12-20)23-14-33-28(31-23)38-27(29)32-33/h2-14H,15-16H2,1H3,(H,30,34). The van der Waals surface area contributed by atoms with E-state index in [2.05, 4.69) is 31.3 Å². The molecule has 1 N–H and O–H groups in total. The highest BCUT2D eigenvalue weighted by Crippen LogP contribution is 2.37. The van der Waals surface area contributed by atoms with Crippen molar-refractivity contribution in [2.45, 2.75) is 20.1 Å². The first-order valence-electron chi connectivity index (χ1n) is 11.8. The molecular weight excluding hydrogens is 568 g/mol. The Morgan fingerprint density at radius 3 is 2.66 bits per heavy atom. The second kappa shape index (κ2) is 10.3. The lowest BCUT2D eigenvalue weighted by atomic mass is 10.2. The number of halogens is 1. The van der Waals surface area contributed by atoms with Gasteiger partial charge < -0.3 is 19.2 Å². The van der Waals surface area contributed by atoms with Gasteiger partial charge in [0, 0.05) is 24.7 Å². The molecular formula is C28H21BrN4O4S. The number of anilines is 1. The molecule has 0 aliphatic heterocycles. The fourth-order valence-corrected chi connectivity index (χ4v) is 5.27. The zero-order valence-corrected chi connectivity index (χ0v) is 22.6. The Hall–Kier alpha value is -4.15. The number of aromatic nitrogens is 3. The number of amides is 1. The van der Waals surface area contributed by atoms with Crippen LogP contribution in [0.2, 0.25) is 0 Å². The van der Waals surface area contributed by atoms with Gasteiger partial charge >= 0.3 is 0 Å². The van der Waals surface area contributed by atoms with Gasteiger partial charge in [-0.05, 0) is 45.3 Å². The first kappa shape index (κ1) is 24.2. The smallest absolute Gasteiger partial charge is 0.221 e. The molecule has 0 bridgehead atoms. The van der Waals surface area contributed by atoms with Crippen LogP contribution in [0.3, 0.4) is 0 Å². The quantitative estimate of drug-likeness (QED) is 0.204. The van der Waals surface area contributed by atoms with Crippen molar-refractivity contribution in [3.8, 4) is 23.0 Å². The minimum Gasteiger partial charge on any atom is -0.489 e. The van der Waals surface area contributed by atoms with E-state index in [-0.39, 0.29) is 5.91 Å². The van der Waals surface area contributed by atoms with Crippen LogP contribution in [-0.2, 0) is 18.0 Å². The van der Waals surface area contributed by atoms with Crippen molar-refractivity contribution in [3.63, 3.8) is 0 Å². The van der Waals surface area contributed by atoms with Gasteiger partial charge in [0.05, 0.1) is 11.6 Å². The molecule has 3 aromatic heterocycles. The summed E-state index contributed by atoms with van der Waals surface area (Å²) in [6.45, 7) is 2.25. The monoisotopic (exact) mass is 588 g/mol. The minimum absolute atomic E-state index is 0.184. The fourth-order valence-electron chi connectivity index (χ4n) is 4.05. The average molecular weight is 589 g/mol. The predicted octanol–water partition coefficient (Wildman–Crippen LogP) is 7.08. The highest BCUT2D eigenvalue weighted by atomic mass is 79.9. The van der Waals surface area contributed by atoms with Gasteiger partial charge in [-0.25, -0.2) is 9.50 Å². The van der Waals surface area contributed by atoms with Crippen LogP contribution in [0.25, 0.3) is 27.4 Å². The summed E-state index contributed by atoms with van der Waals surface area (Å²) in [5, 5.41) is 7.93. The molecule has 0 saturated carbocycles. The Morgan fingerprint density at radius 2 is 1.84 bits per heavy atom. The van der Waals surface area contributed by atoms with Crippen LogP contribution in [0.5, 0.6) is 11.5 Å². The van der Waals surface area contributed by atoms with Gasteiger partial charge in [-0.3, -0.25) is 4.79 Å². The van der Waals surface area contributed by atoms with Gasteiger partial charge in [0.15, 0.2) is 9.68 Å². The number of carbonyl (C=O) groups excluding carboxylic acids is 1. The predicted molar refractivity (Wildman–Crippen MR) is 150 cm³/mol. The largest absolute Gasteiger partial charge is 0.489 e. The van der Waals surface area contributed by atoms with E-state index in [1.807, 2.05) is 66.9 Å². The second-order valence-corrected chi connectivity index (χ2v) is 10.8. The van der Waals surface area contributed by atoms with Gasteiger partial charge in [-0.1, -0.05) is 53.8 Å². The van der Waals surface area contributed by atoms with E-state index >= 15 is 0 Å². The van der Waals surface area contributed by atoms with E-state index in [1.54, 1.807) is 16.6 Å². The molecule has 0 fully saturated rings. The van der Waals surface area contributed by atoms with Crippen LogP contribution >= 0.6 is 27.3 Å². The zero-order valence-electron chi connectivity index (χ0n) is 20.2. The van der Waals surface area contributed by atoms with E-state index in [4.69, 9.17) is 13.9 Å². The number of imidazole rings is 1. The topological polar surface area (TPSA) is 90.9 Å². The lowest BCUT2D eigenvalue weighted by molar-refractivity contribution is -0.114. The summed E-state index contributed by atoms with van der Waals surface area (Å²) in [6.07, 6.45) is 1.81. The van der Waals surface area contributed by atoms with Crippen LogP contribution in [-0.4, -0.2) is 20.5 Å². The van der Waals surface area contributed by atoms with Crippen LogP contribution < -0.4 is 14.8 Å². The summed E-state index contributed by atoms with van der Waals surface area (Å²) in [4.78, 5) is 17.1. The van der Waals surface area contributed by atoms with E-state index in [9.17, 15) is 4.79 Å². The molecule has 0 radical (unpaired) electrons. The molecule has 10 heteroatoms. The Bertz CT molecular complexity index is 1730. The summed E-state index contributed by atoms with van der Waals surface area (Å²) in [7, 11) is 0. The number of nitrogens with one attached hydrogen (secondary N) is 1. The number of rotatable bonds is 8. The molecule has 38 heavy (non-hydrogen) atoms. The molecule has 1 amide bonds. The van der Waals surface area contributed by atoms with Gasteiger partial charge in [-0.15, -0.1) is 5.10 Å². The van der Waals surface area contributed by atoms with Gasteiger partial charge in [-0.2, -0.15) is 0 Å². The van der Waals surface area contributed by atoms with Crippen LogP contribution in [0, 0.1) is 0 Å². The van der Waals surface area contributed by atoms with Crippen molar-refractivity contribution in [1.82, 2.24) is 14.6 Å². The van der Waals surface area contributed by atoms with Gasteiger partial charge in [0.1, 0.15) is 36.0 Å². The maximum Gasteiger partial charge on any atom is 0.221 e. The maximum atomic E-state index is 11.7. The molecule has 3 aromatic carbocycles. The summed E-state index contributed by atoms with van der Waals surface area (Å²) < 4.78 is 20.8. The Kier molecular flexibility index (Phi) is 6.57. The van der Waals surface area contributed by atoms with E-state index < -0.39 is 0 Å². The highest BCUT2D eigenvalue weighted by molar-refractivity contribution is 9.11. The number of fused-ring (bicyclic) bond motifs is 2. The number of hydrogen-bond acceptors (Lipinski definition) is 7. The van der Waals surface area contributed by atoms with Crippen molar-refractivity contribution < 1.29 is 18.7 Å². The molecule has 0 atom stereocenters. The number of ether oxygens (including phenoxy) is 2. The lowest BCUT2D eigenvalue weighted by Gasteiger charge is -2.11. The second-order valence-electron chi connectivity index (χ2n) is 8.60. The lowest BCUT2D eigenvalue weighted by Crippen LogP contribution is -2.06. The van der Waals surface area contributed by atoms with Gasteiger partial charge in [0.2, 0.25) is 10.9 Å². The van der Waals surface area contributed by atoms with Crippen molar-refractivity contribution >= 4 is 54.8 Å². The van der Waals surface area contributed by atoms with Crippen molar-refractivity contribution in [2.75, 3.05) is 5.32 Å². The molecule has 0 saturated heterocycles. The molecule has 0 aliphatic carbocycles. The number of nitrogens with zero attached hydrogens (tertiary/aromatic N) is 3. The molecule has 190 valence electrons. The Morgan fingerprint density at radius 1 is 1.03 bits per heavy atom. The molecule has 0 aliphatic rings. The summed E-state index contributed by atoms with van der Waals surface area (Å²) in [6, 6.07) is 23.3. The summed E-state index contributed by atoms with van der Waals surface area (Å²) in [5.74, 6) is 1.74. The summed E-state index contributed by atoms with van der Waals surface area (Å²) >= 11 is 4.80. The van der Waals surface area contributed by atoms with Crippen LogP contribution in [0.1, 0.15) is 18.1 Å². The fraction of sp³-hybridized carbons (Fsp3) is 0.107. The van der Waals surface area contributed by atoms with E-state index in [1.165, 1.54) is 18.3 Å². The Labute approximate surface area is 230 Å².